The van der Waals surface area contributed by atoms with Crippen molar-refractivity contribution >= 4 is 23.1 Å². The van der Waals surface area contributed by atoms with E-state index in [0.717, 1.165) is 41.0 Å². The number of ether oxygens (including phenoxy) is 1. The van der Waals surface area contributed by atoms with Gasteiger partial charge in [0.05, 0.1) is 5.52 Å². The molecule has 5 nitrogen and oxygen atoms in total. The van der Waals surface area contributed by atoms with E-state index in [0.29, 0.717) is 22.9 Å². The molecule has 28 heavy (non-hydrogen) atoms. The van der Waals surface area contributed by atoms with Crippen LogP contribution in [0.15, 0.2) is 36.4 Å². The van der Waals surface area contributed by atoms with Gasteiger partial charge in [-0.3, -0.25) is 9.36 Å². The van der Waals surface area contributed by atoms with E-state index < -0.39 is 29.6 Å². The van der Waals surface area contributed by atoms with Gasteiger partial charge in [-0.15, -0.1) is 13.2 Å². The van der Waals surface area contributed by atoms with Crippen molar-refractivity contribution in [2.75, 3.05) is 0 Å². The second-order valence-electron chi connectivity index (χ2n) is 5.97. The minimum absolute atomic E-state index is 0.0284. The highest BCUT2D eigenvalue weighted by Gasteiger charge is 2.31. The number of carbonyl (C=O) groups is 2. The molecular formula is C19H13F4NO4. The number of hydrogen-bond donors (Lipinski definition) is 1. The van der Waals surface area contributed by atoms with E-state index >= 15 is 0 Å². The largest absolute Gasteiger partial charge is 0.573 e. The van der Waals surface area contributed by atoms with Crippen molar-refractivity contribution in [2.24, 2.45) is 0 Å². The molecule has 0 saturated heterocycles. The van der Waals surface area contributed by atoms with Crippen LogP contribution in [0, 0.1) is 12.7 Å². The maximum Gasteiger partial charge on any atom is 0.573 e. The minimum Gasteiger partial charge on any atom is -0.505 e. The van der Waals surface area contributed by atoms with Crippen LogP contribution >= 0.6 is 0 Å². The molecule has 3 aromatic rings. The predicted molar refractivity (Wildman–Crippen MR) is 90.9 cm³/mol. The number of carbonyl (C=O) groups excluding carboxylic acids is 2. The van der Waals surface area contributed by atoms with Crippen molar-refractivity contribution in [1.29, 1.82) is 0 Å². The molecule has 1 heterocycles. The molecule has 0 unspecified atom stereocenters. The molecule has 0 saturated carbocycles. The molecule has 2 aromatic carbocycles. The maximum absolute atomic E-state index is 13.9. The van der Waals surface area contributed by atoms with Crippen LogP contribution in [-0.2, 0) is 11.2 Å². The summed E-state index contributed by atoms with van der Waals surface area (Å²) in [7, 11) is 0. The lowest BCUT2D eigenvalue weighted by Gasteiger charge is -2.10. The summed E-state index contributed by atoms with van der Waals surface area (Å²) in [5, 5.41) is 9.95. The number of phenolic OH excluding ortho intramolecular Hbond substituents is 1. The van der Waals surface area contributed by atoms with Gasteiger partial charge in [-0.2, -0.15) is 0 Å². The summed E-state index contributed by atoms with van der Waals surface area (Å²) in [6.45, 7) is 1.55. The number of alkyl halides is 3. The van der Waals surface area contributed by atoms with E-state index in [-0.39, 0.29) is 17.5 Å². The van der Waals surface area contributed by atoms with Crippen molar-refractivity contribution in [3.63, 3.8) is 0 Å². The van der Waals surface area contributed by atoms with Gasteiger partial charge in [-0.25, -0.2) is 4.39 Å². The molecule has 0 aliphatic rings. The van der Waals surface area contributed by atoms with Crippen LogP contribution in [0.4, 0.5) is 17.6 Å². The Bertz CT molecular complexity index is 1070. The van der Waals surface area contributed by atoms with Crippen LogP contribution in [0.25, 0.3) is 10.9 Å². The summed E-state index contributed by atoms with van der Waals surface area (Å²) < 4.78 is 55.6. The first-order valence-corrected chi connectivity index (χ1v) is 7.99. The number of aromatic nitrogens is 1. The summed E-state index contributed by atoms with van der Waals surface area (Å²) >= 11 is 0. The highest BCUT2D eigenvalue weighted by molar-refractivity contribution is 6.04. The van der Waals surface area contributed by atoms with Gasteiger partial charge >= 0.3 is 6.36 Å². The number of hydrogen-bond acceptors (Lipinski definition) is 4. The highest BCUT2D eigenvalue weighted by Crippen LogP contribution is 2.32. The van der Waals surface area contributed by atoms with Crippen molar-refractivity contribution in [2.45, 2.75) is 19.7 Å². The molecule has 9 heteroatoms. The monoisotopic (exact) mass is 395 g/mol. The van der Waals surface area contributed by atoms with Crippen LogP contribution in [0.1, 0.15) is 21.6 Å². The van der Waals surface area contributed by atoms with E-state index in [4.69, 9.17) is 0 Å². The molecule has 0 fully saturated rings. The normalized spacial score (nSPS) is 11.6. The van der Waals surface area contributed by atoms with Crippen molar-refractivity contribution in [3.05, 3.63) is 59.0 Å². The van der Waals surface area contributed by atoms with Crippen LogP contribution in [0.3, 0.4) is 0 Å². The summed E-state index contributed by atoms with van der Waals surface area (Å²) in [5.41, 5.74) is 0.948. The van der Waals surface area contributed by atoms with Gasteiger partial charge < -0.3 is 14.6 Å². The van der Waals surface area contributed by atoms with Gasteiger partial charge in [0.15, 0.2) is 11.6 Å². The third-order valence-electron chi connectivity index (χ3n) is 4.23. The SMILES string of the molecule is Cc1c(CC=O)c2cc(O)c(F)cc2n1C(=O)c1ccc(OC(F)(F)F)cc1. The van der Waals surface area contributed by atoms with E-state index in [2.05, 4.69) is 4.74 Å². The third-order valence-corrected chi connectivity index (χ3v) is 4.23. The highest BCUT2D eigenvalue weighted by atomic mass is 19.4. The molecule has 1 N–H and O–H groups in total. The Morgan fingerprint density at radius 3 is 2.43 bits per heavy atom. The number of aldehydes is 1. The van der Waals surface area contributed by atoms with Crippen molar-refractivity contribution in [3.8, 4) is 11.5 Å². The van der Waals surface area contributed by atoms with Gasteiger partial charge in [0.25, 0.3) is 5.91 Å². The Kier molecular flexibility index (Phi) is 4.84. The lowest BCUT2D eigenvalue weighted by molar-refractivity contribution is -0.274. The molecule has 0 spiro atoms. The van der Waals surface area contributed by atoms with E-state index in [1.54, 1.807) is 6.92 Å². The molecule has 0 aliphatic carbocycles. The van der Waals surface area contributed by atoms with Gasteiger partial charge in [-0.05, 0) is 42.8 Å². The van der Waals surface area contributed by atoms with Gasteiger partial charge in [0, 0.05) is 29.1 Å². The Morgan fingerprint density at radius 1 is 1.21 bits per heavy atom. The Hall–Kier alpha value is -3.36. The quantitative estimate of drug-likeness (QED) is 0.533. The minimum atomic E-state index is -4.86. The second-order valence-corrected chi connectivity index (χ2v) is 5.97. The zero-order chi connectivity index (χ0) is 20.6. The third kappa shape index (κ3) is 3.55. The molecule has 1 aromatic heterocycles. The molecular weight excluding hydrogens is 382 g/mol. The van der Waals surface area contributed by atoms with Gasteiger partial charge in [-0.1, -0.05) is 0 Å². The van der Waals surface area contributed by atoms with Crippen molar-refractivity contribution < 1.29 is 37.0 Å². The zero-order valence-electron chi connectivity index (χ0n) is 14.4. The summed E-state index contributed by atoms with van der Waals surface area (Å²) in [6, 6.07) is 6.35. The number of fused-ring (bicyclic) bond motifs is 1. The first kappa shape index (κ1) is 19.4. The average Bonchev–Trinajstić information content (AvgIpc) is 2.86. The average molecular weight is 395 g/mol. The van der Waals surface area contributed by atoms with E-state index in [1.807, 2.05) is 0 Å². The zero-order valence-corrected chi connectivity index (χ0v) is 14.4. The first-order chi connectivity index (χ1) is 13.1. The van der Waals surface area contributed by atoms with E-state index in [9.17, 15) is 32.3 Å². The van der Waals surface area contributed by atoms with E-state index in [1.165, 1.54) is 0 Å². The fraction of sp³-hybridized carbons (Fsp3) is 0.158. The Labute approximate surface area is 155 Å². The Morgan fingerprint density at radius 2 is 1.86 bits per heavy atom. The summed E-state index contributed by atoms with van der Waals surface area (Å²) in [6.07, 6.45) is -4.31. The molecule has 0 bridgehead atoms. The molecule has 146 valence electrons. The fourth-order valence-corrected chi connectivity index (χ4v) is 3.02. The van der Waals surface area contributed by atoms with Crippen molar-refractivity contribution in [1.82, 2.24) is 4.57 Å². The number of aromatic hydroxyl groups is 1. The number of halogens is 4. The molecule has 0 atom stereocenters. The molecule has 3 rings (SSSR count). The summed E-state index contributed by atoms with van der Waals surface area (Å²) in [5.74, 6) is -2.71. The Balaban J connectivity index is 2.10. The number of rotatable bonds is 4. The molecule has 0 amide bonds. The smallest absolute Gasteiger partial charge is 0.505 e. The second kappa shape index (κ2) is 6.99. The number of benzene rings is 2. The number of nitrogens with zero attached hydrogens (tertiary/aromatic N) is 1. The molecule has 0 radical (unpaired) electrons. The van der Waals surface area contributed by atoms with Gasteiger partial charge in [0.2, 0.25) is 0 Å². The van der Waals surface area contributed by atoms with Crippen LogP contribution in [0.5, 0.6) is 11.5 Å². The van der Waals surface area contributed by atoms with Gasteiger partial charge in [0.1, 0.15) is 12.0 Å². The first-order valence-electron chi connectivity index (χ1n) is 7.99. The lowest BCUT2D eigenvalue weighted by atomic mass is 10.1. The maximum atomic E-state index is 13.9. The standard InChI is InChI=1S/C19H13F4NO4/c1-10-13(6-7-25)14-8-17(26)15(20)9-16(14)24(10)18(27)11-2-4-12(5-3-11)28-19(21,22)23/h2-5,7-9,26H,6H2,1H3. The molecule has 0 aliphatic heterocycles. The predicted octanol–water partition coefficient (Wildman–Crippen LogP) is 4.12. The fourth-order valence-electron chi connectivity index (χ4n) is 3.02. The lowest BCUT2D eigenvalue weighted by Crippen LogP contribution is -2.17. The number of phenols is 1. The van der Waals surface area contributed by atoms with Crippen LogP contribution in [0.2, 0.25) is 0 Å². The van der Waals surface area contributed by atoms with Crippen LogP contribution in [-0.4, -0.2) is 28.2 Å². The topological polar surface area (TPSA) is 68.5 Å². The summed E-state index contributed by atoms with van der Waals surface area (Å²) in [4.78, 5) is 23.9. The van der Waals surface area contributed by atoms with Crippen LogP contribution < -0.4 is 4.74 Å².